The van der Waals surface area contributed by atoms with Gasteiger partial charge in [-0.15, -0.1) is 0 Å². The molecule has 28 heavy (non-hydrogen) atoms. The molecule has 7 heteroatoms. The maximum absolute atomic E-state index is 12.7. The van der Waals surface area contributed by atoms with Crippen molar-refractivity contribution in [1.82, 2.24) is 4.90 Å². The van der Waals surface area contributed by atoms with Crippen LogP contribution in [0.5, 0.6) is 5.75 Å². The predicted molar refractivity (Wildman–Crippen MR) is 108 cm³/mol. The van der Waals surface area contributed by atoms with Gasteiger partial charge in [0.25, 0.3) is 11.8 Å². The molecule has 1 aromatic rings. The topological polar surface area (TPSA) is 77.1 Å². The molecule has 0 radical (unpaired) electrons. The lowest BCUT2D eigenvalue weighted by Gasteiger charge is -2.28. The number of anilines is 1. The minimum Gasteiger partial charge on any atom is -0.484 e. The molecule has 1 fully saturated rings. The summed E-state index contributed by atoms with van der Waals surface area (Å²) in [6.45, 7) is 8.76. The fourth-order valence-corrected chi connectivity index (χ4v) is 3.00. The van der Waals surface area contributed by atoms with Gasteiger partial charge < -0.3 is 24.4 Å². The number of amides is 2. The number of benzene rings is 1. The summed E-state index contributed by atoms with van der Waals surface area (Å²) in [6, 6.07) is 7.01. The van der Waals surface area contributed by atoms with Gasteiger partial charge in [-0.2, -0.15) is 0 Å². The van der Waals surface area contributed by atoms with E-state index in [-0.39, 0.29) is 18.4 Å². The molecule has 2 rings (SSSR count). The van der Waals surface area contributed by atoms with E-state index in [0.29, 0.717) is 50.8 Å². The average molecular weight is 392 g/mol. The maximum Gasteiger partial charge on any atom is 0.260 e. The molecule has 1 saturated heterocycles. The Kier molecular flexibility index (Phi) is 8.73. The highest BCUT2D eigenvalue weighted by Gasteiger charge is 2.33. The molecule has 7 nitrogen and oxygen atoms in total. The Hall–Kier alpha value is -2.12. The second kappa shape index (κ2) is 11.0. The van der Waals surface area contributed by atoms with Crippen LogP contribution in [0.2, 0.25) is 0 Å². The monoisotopic (exact) mass is 392 g/mol. The van der Waals surface area contributed by atoms with Crippen LogP contribution in [0, 0.1) is 0 Å². The third kappa shape index (κ3) is 6.49. The first-order chi connectivity index (χ1) is 13.5. The highest BCUT2D eigenvalue weighted by Crippen LogP contribution is 2.22. The Labute approximate surface area is 167 Å². The van der Waals surface area contributed by atoms with Gasteiger partial charge in [0.1, 0.15) is 11.4 Å². The minimum absolute atomic E-state index is 0.00879. The molecular weight excluding hydrogens is 360 g/mol. The van der Waals surface area contributed by atoms with E-state index in [1.165, 1.54) is 0 Å². The van der Waals surface area contributed by atoms with Crippen molar-refractivity contribution in [3.05, 3.63) is 24.3 Å². The lowest BCUT2D eigenvalue weighted by molar-refractivity contribution is -0.140. The molecule has 0 aromatic heterocycles. The van der Waals surface area contributed by atoms with E-state index in [1.807, 2.05) is 20.8 Å². The Morgan fingerprint density at radius 1 is 1.14 bits per heavy atom. The minimum atomic E-state index is -0.843. The Morgan fingerprint density at radius 3 is 2.43 bits per heavy atom. The largest absolute Gasteiger partial charge is 0.484 e. The second-order valence-corrected chi connectivity index (χ2v) is 7.09. The standard InChI is InChI=1S/C21H32N2O5/c1-4-10-21(3,28-13-5-2)20(25)22-17-6-8-18(9-7-17)27-16-19(24)23-11-14-26-15-12-23/h6-9H,4-5,10-16H2,1-3H3,(H,22,25)/t21-/m0/s1. The first-order valence-corrected chi connectivity index (χ1v) is 10.0. The molecular formula is C21H32N2O5. The van der Waals surface area contributed by atoms with Crippen molar-refractivity contribution in [2.75, 3.05) is 44.8 Å². The Morgan fingerprint density at radius 2 is 1.82 bits per heavy atom. The van der Waals surface area contributed by atoms with Crippen LogP contribution < -0.4 is 10.1 Å². The summed E-state index contributed by atoms with van der Waals surface area (Å²) >= 11 is 0. The van der Waals surface area contributed by atoms with Crippen molar-refractivity contribution in [3.8, 4) is 5.75 Å². The van der Waals surface area contributed by atoms with Crippen molar-refractivity contribution in [2.45, 2.75) is 45.6 Å². The molecule has 0 bridgehead atoms. The summed E-state index contributed by atoms with van der Waals surface area (Å²) < 4.78 is 16.6. The van der Waals surface area contributed by atoms with Crippen molar-refractivity contribution >= 4 is 17.5 Å². The van der Waals surface area contributed by atoms with E-state index >= 15 is 0 Å². The molecule has 0 unspecified atom stereocenters. The van der Waals surface area contributed by atoms with Crippen LogP contribution in [-0.4, -0.2) is 61.8 Å². The van der Waals surface area contributed by atoms with Crippen molar-refractivity contribution in [1.29, 1.82) is 0 Å². The summed E-state index contributed by atoms with van der Waals surface area (Å²) in [5.41, 5.74) is -0.177. The molecule has 1 aliphatic heterocycles. The quantitative estimate of drug-likeness (QED) is 0.663. The van der Waals surface area contributed by atoms with Gasteiger partial charge in [-0.3, -0.25) is 9.59 Å². The van der Waals surface area contributed by atoms with Crippen LogP contribution in [0.15, 0.2) is 24.3 Å². The van der Waals surface area contributed by atoms with E-state index in [9.17, 15) is 9.59 Å². The Balaban J connectivity index is 1.87. The van der Waals surface area contributed by atoms with Gasteiger partial charge in [0.2, 0.25) is 0 Å². The molecule has 1 N–H and O–H groups in total. The van der Waals surface area contributed by atoms with Crippen LogP contribution in [0.25, 0.3) is 0 Å². The zero-order valence-electron chi connectivity index (χ0n) is 17.2. The number of ether oxygens (including phenoxy) is 3. The van der Waals surface area contributed by atoms with Gasteiger partial charge in [0.05, 0.1) is 13.2 Å². The normalized spacial score (nSPS) is 16.3. The molecule has 1 heterocycles. The lowest BCUT2D eigenvalue weighted by Crippen LogP contribution is -2.43. The van der Waals surface area contributed by atoms with Crippen molar-refractivity contribution in [3.63, 3.8) is 0 Å². The van der Waals surface area contributed by atoms with Gasteiger partial charge in [-0.1, -0.05) is 20.3 Å². The van der Waals surface area contributed by atoms with E-state index < -0.39 is 5.60 Å². The number of carbonyl (C=O) groups is 2. The highest BCUT2D eigenvalue weighted by molar-refractivity contribution is 5.97. The summed E-state index contributed by atoms with van der Waals surface area (Å²) in [7, 11) is 0. The smallest absolute Gasteiger partial charge is 0.260 e. The second-order valence-electron chi connectivity index (χ2n) is 7.09. The number of carbonyl (C=O) groups excluding carboxylic acids is 2. The Bertz CT molecular complexity index is 628. The van der Waals surface area contributed by atoms with Gasteiger partial charge >= 0.3 is 0 Å². The average Bonchev–Trinajstić information content (AvgIpc) is 2.72. The third-order valence-corrected chi connectivity index (χ3v) is 4.67. The van der Waals surface area contributed by atoms with Crippen LogP contribution in [0.3, 0.4) is 0 Å². The van der Waals surface area contributed by atoms with E-state index in [1.54, 1.807) is 29.2 Å². The number of hydrogen-bond acceptors (Lipinski definition) is 5. The van der Waals surface area contributed by atoms with E-state index in [0.717, 1.165) is 12.8 Å². The van der Waals surface area contributed by atoms with Crippen molar-refractivity contribution in [2.24, 2.45) is 0 Å². The van der Waals surface area contributed by atoms with Gasteiger partial charge in [0.15, 0.2) is 6.61 Å². The fourth-order valence-electron chi connectivity index (χ4n) is 3.00. The highest BCUT2D eigenvalue weighted by atomic mass is 16.5. The molecule has 0 aliphatic carbocycles. The van der Waals surface area contributed by atoms with Crippen molar-refractivity contribution < 1.29 is 23.8 Å². The van der Waals surface area contributed by atoms with Crippen LogP contribution in [0.1, 0.15) is 40.0 Å². The number of nitrogens with zero attached hydrogens (tertiary/aromatic N) is 1. The molecule has 1 aliphatic rings. The summed E-state index contributed by atoms with van der Waals surface area (Å²) in [5, 5.41) is 2.91. The first kappa shape index (κ1) is 22.2. The van der Waals surface area contributed by atoms with E-state index in [2.05, 4.69) is 5.32 Å². The lowest BCUT2D eigenvalue weighted by atomic mass is 9.99. The van der Waals surface area contributed by atoms with Crippen LogP contribution in [-0.2, 0) is 19.1 Å². The summed E-state index contributed by atoms with van der Waals surface area (Å²) in [4.78, 5) is 26.5. The zero-order chi connectivity index (χ0) is 20.4. The van der Waals surface area contributed by atoms with Gasteiger partial charge in [0, 0.05) is 25.4 Å². The molecule has 2 amide bonds. The molecule has 0 saturated carbocycles. The fraction of sp³-hybridized carbons (Fsp3) is 0.619. The van der Waals surface area contributed by atoms with Gasteiger partial charge in [-0.05, 0) is 44.0 Å². The number of hydrogen-bond donors (Lipinski definition) is 1. The summed E-state index contributed by atoms with van der Waals surface area (Å²) in [5.74, 6) is 0.376. The molecule has 1 aromatic carbocycles. The maximum atomic E-state index is 12.7. The third-order valence-electron chi connectivity index (χ3n) is 4.67. The number of morpholine rings is 1. The SMILES string of the molecule is CCCO[C@@](C)(CCC)C(=O)Nc1ccc(OCC(=O)N2CCOCC2)cc1. The number of rotatable bonds is 10. The van der Waals surface area contributed by atoms with Gasteiger partial charge in [-0.25, -0.2) is 0 Å². The van der Waals surface area contributed by atoms with Crippen LogP contribution >= 0.6 is 0 Å². The first-order valence-electron chi connectivity index (χ1n) is 10.0. The summed E-state index contributed by atoms with van der Waals surface area (Å²) in [6.07, 6.45) is 2.38. The molecule has 0 spiro atoms. The zero-order valence-corrected chi connectivity index (χ0v) is 17.2. The molecule has 1 atom stereocenters. The molecule has 156 valence electrons. The predicted octanol–water partition coefficient (Wildman–Crippen LogP) is 2.85. The van der Waals surface area contributed by atoms with Crippen LogP contribution in [0.4, 0.5) is 5.69 Å². The number of nitrogens with one attached hydrogen (secondary N) is 1. The van der Waals surface area contributed by atoms with E-state index in [4.69, 9.17) is 14.2 Å².